The fourth-order valence-corrected chi connectivity index (χ4v) is 2.63. The van der Waals surface area contributed by atoms with Gasteiger partial charge in [0.05, 0.1) is 11.9 Å². The van der Waals surface area contributed by atoms with Gasteiger partial charge in [-0.25, -0.2) is 9.97 Å². The Kier molecular flexibility index (Phi) is 4.66. The van der Waals surface area contributed by atoms with Gasteiger partial charge >= 0.3 is 6.18 Å². The van der Waals surface area contributed by atoms with Gasteiger partial charge in [-0.2, -0.15) is 13.2 Å². The van der Waals surface area contributed by atoms with E-state index < -0.39 is 11.9 Å². The molecule has 1 N–H and O–H groups in total. The molecular weight excluding hydrogens is 321 g/mol. The molecule has 1 aliphatic heterocycles. The van der Waals surface area contributed by atoms with E-state index in [9.17, 15) is 13.2 Å². The number of aromatic nitrogens is 3. The highest BCUT2D eigenvalue weighted by atomic mass is 19.4. The molecule has 0 saturated carbocycles. The van der Waals surface area contributed by atoms with Gasteiger partial charge in [-0.15, -0.1) is 0 Å². The van der Waals surface area contributed by atoms with Crippen LogP contribution in [0.15, 0.2) is 24.5 Å². The lowest BCUT2D eigenvalue weighted by Crippen LogP contribution is -2.27. The Morgan fingerprint density at radius 1 is 1.12 bits per heavy atom. The number of rotatable bonds is 3. The summed E-state index contributed by atoms with van der Waals surface area (Å²) in [7, 11) is 0. The maximum atomic E-state index is 12.6. The number of pyridine rings is 1. The Morgan fingerprint density at radius 2 is 1.88 bits per heavy atom. The molecule has 1 aliphatic rings. The number of piperidine rings is 1. The summed E-state index contributed by atoms with van der Waals surface area (Å²) in [6.07, 6.45) is 0.0922. The molecule has 8 heteroatoms. The molecule has 0 bridgehead atoms. The minimum absolute atomic E-state index is 0.207. The predicted octanol–water partition coefficient (Wildman–Crippen LogP) is 3.46. The number of ether oxygens (including phenoxy) is 1. The summed E-state index contributed by atoms with van der Waals surface area (Å²) < 4.78 is 43.4. The van der Waals surface area contributed by atoms with Crippen molar-refractivity contribution < 1.29 is 17.9 Å². The van der Waals surface area contributed by atoms with Crippen molar-refractivity contribution in [1.29, 1.82) is 0 Å². The maximum Gasteiger partial charge on any atom is 0.433 e. The molecule has 1 saturated heterocycles. The first-order valence-electron chi connectivity index (χ1n) is 7.69. The predicted molar refractivity (Wildman–Crippen MR) is 80.9 cm³/mol. The molecule has 2 aromatic rings. The van der Waals surface area contributed by atoms with Crippen LogP contribution in [0.4, 0.5) is 13.2 Å². The number of hydrogen-bond acceptors (Lipinski definition) is 5. The number of aryl methyl sites for hydroxylation is 1. The molecule has 5 nitrogen and oxygen atoms in total. The fourth-order valence-electron chi connectivity index (χ4n) is 2.63. The van der Waals surface area contributed by atoms with E-state index in [1.54, 1.807) is 13.1 Å². The van der Waals surface area contributed by atoms with E-state index in [1.165, 1.54) is 6.07 Å². The summed E-state index contributed by atoms with van der Waals surface area (Å²) in [5.41, 5.74) is 0.466. The molecular formula is C16H17F3N4O. The van der Waals surface area contributed by atoms with Gasteiger partial charge in [0.1, 0.15) is 17.1 Å². The number of halogens is 3. The Morgan fingerprint density at radius 3 is 2.50 bits per heavy atom. The summed E-state index contributed by atoms with van der Waals surface area (Å²) in [5, 5.41) is 3.28. The lowest BCUT2D eigenvalue weighted by Gasteiger charge is -2.23. The monoisotopic (exact) mass is 338 g/mol. The van der Waals surface area contributed by atoms with Gasteiger partial charge in [-0.05, 0) is 45.0 Å². The summed E-state index contributed by atoms with van der Waals surface area (Å²) in [6.45, 7) is 3.57. The molecule has 0 radical (unpaired) electrons. The van der Waals surface area contributed by atoms with Crippen molar-refractivity contribution in [3.05, 3.63) is 41.6 Å². The molecule has 0 amide bonds. The largest absolute Gasteiger partial charge is 0.436 e. The van der Waals surface area contributed by atoms with E-state index in [0.717, 1.165) is 43.9 Å². The summed E-state index contributed by atoms with van der Waals surface area (Å²) >= 11 is 0. The molecule has 0 unspecified atom stereocenters. The molecule has 3 heterocycles. The Labute approximate surface area is 137 Å². The van der Waals surface area contributed by atoms with Crippen LogP contribution in [0.2, 0.25) is 0 Å². The van der Waals surface area contributed by atoms with Crippen molar-refractivity contribution in [3.63, 3.8) is 0 Å². The van der Waals surface area contributed by atoms with Crippen molar-refractivity contribution in [1.82, 2.24) is 20.3 Å². The summed E-state index contributed by atoms with van der Waals surface area (Å²) in [6, 6.07) is 2.13. The Hall–Kier alpha value is -2.22. The van der Waals surface area contributed by atoms with Crippen LogP contribution in [0.5, 0.6) is 11.6 Å². The van der Waals surface area contributed by atoms with Gasteiger partial charge in [0.2, 0.25) is 5.88 Å². The van der Waals surface area contributed by atoms with Crippen LogP contribution in [-0.2, 0) is 6.18 Å². The molecule has 1 fully saturated rings. The molecule has 24 heavy (non-hydrogen) atoms. The van der Waals surface area contributed by atoms with E-state index >= 15 is 0 Å². The highest BCUT2D eigenvalue weighted by Crippen LogP contribution is 2.33. The summed E-state index contributed by atoms with van der Waals surface area (Å²) in [5.74, 6) is 0.762. The average molecular weight is 338 g/mol. The standard InChI is InChI=1S/C16H17F3N4O/c1-10-8-22-14(11-4-6-20-7-5-11)15(23-10)24-12-2-3-13(21-9-12)16(17,18)19/h2-3,8-9,11,20H,4-7H2,1H3. The van der Waals surface area contributed by atoms with Crippen LogP contribution in [0.1, 0.15) is 35.8 Å². The van der Waals surface area contributed by atoms with Crippen LogP contribution in [-0.4, -0.2) is 28.0 Å². The van der Waals surface area contributed by atoms with Crippen molar-refractivity contribution in [2.75, 3.05) is 13.1 Å². The van der Waals surface area contributed by atoms with Crippen molar-refractivity contribution >= 4 is 0 Å². The highest BCUT2D eigenvalue weighted by Gasteiger charge is 2.32. The van der Waals surface area contributed by atoms with Gasteiger partial charge in [-0.1, -0.05) is 0 Å². The third-order valence-electron chi connectivity index (χ3n) is 3.85. The van der Waals surface area contributed by atoms with Crippen LogP contribution in [0.3, 0.4) is 0 Å². The van der Waals surface area contributed by atoms with Gasteiger partial charge in [0.25, 0.3) is 0 Å². The minimum atomic E-state index is -4.47. The van der Waals surface area contributed by atoms with E-state index in [0.29, 0.717) is 11.6 Å². The second-order valence-electron chi connectivity index (χ2n) is 5.71. The first kappa shape index (κ1) is 16.6. The fraction of sp³-hybridized carbons (Fsp3) is 0.438. The second kappa shape index (κ2) is 6.72. The SMILES string of the molecule is Cc1cnc(C2CCNCC2)c(Oc2ccc(C(F)(F)F)nc2)n1. The van der Waals surface area contributed by atoms with Crippen LogP contribution < -0.4 is 10.1 Å². The van der Waals surface area contributed by atoms with Crippen molar-refractivity contribution in [2.24, 2.45) is 0 Å². The number of alkyl halides is 3. The quantitative estimate of drug-likeness (QED) is 0.929. The normalized spacial score (nSPS) is 16.2. The molecule has 0 spiro atoms. The molecule has 128 valence electrons. The molecule has 2 aromatic heterocycles. The third-order valence-corrected chi connectivity index (χ3v) is 3.85. The molecule has 3 rings (SSSR count). The second-order valence-corrected chi connectivity index (χ2v) is 5.71. The Balaban J connectivity index is 1.85. The van der Waals surface area contributed by atoms with Gasteiger partial charge in [0, 0.05) is 12.1 Å². The maximum absolute atomic E-state index is 12.6. The zero-order valence-corrected chi connectivity index (χ0v) is 13.1. The Bertz CT molecular complexity index is 697. The van der Waals surface area contributed by atoms with Crippen LogP contribution >= 0.6 is 0 Å². The van der Waals surface area contributed by atoms with Crippen LogP contribution in [0.25, 0.3) is 0 Å². The lowest BCUT2D eigenvalue weighted by atomic mass is 9.94. The van der Waals surface area contributed by atoms with Gasteiger partial charge in [0.15, 0.2) is 0 Å². The van der Waals surface area contributed by atoms with Gasteiger partial charge in [-0.3, -0.25) is 4.98 Å². The van der Waals surface area contributed by atoms with Crippen molar-refractivity contribution in [3.8, 4) is 11.6 Å². The highest BCUT2D eigenvalue weighted by molar-refractivity contribution is 5.31. The van der Waals surface area contributed by atoms with E-state index in [4.69, 9.17) is 4.74 Å². The zero-order valence-electron chi connectivity index (χ0n) is 13.1. The summed E-state index contributed by atoms with van der Waals surface area (Å²) in [4.78, 5) is 12.2. The number of hydrogen-bond donors (Lipinski definition) is 1. The average Bonchev–Trinajstić information content (AvgIpc) is 2.55. The van der Waals surface area contributed by atoms with Gasteiger partial charge < -0.3 is 10.1 Å². The van der Waals surface area contributed by atoms with E-state index in [2.05, 4.69) is 20.3 Å². The number of nitrogens with zero attached hydrogens (tertiary/aromatic N) is 3. The first-order chi connectivity index (χ1) is 11.4. The van der Waals surface area contributed by atoms with E-state index in [-0.39, 0.29) is 11.7 Å². The molecule has 0 aromatic carbocycles. The lowest BCUT2D eigenvalue weighted by molar-refractivity contribution is -0.141. The minimum Gasteiger partial charge on any atom is -0.436 e. The smallest absolute Gasteiger partial charge is 0.433 e. The van der Waals surface area contributed by atoms with Crippen molar-refractivity contribution in [2.45, 2.75) is 31.9 Å². The third kappa shape index (κ3) is 3.81. The zero-order chi connectivity index (χ0) is 17.2. The molecule has 0 aliphatic carbocycles. The number of nitrogens with one attached hydrogen (secondary N) is 1. The van der Waals surface area contributed by atoms with E-state index in [1.807, 2.05) is 0 Å². The first-order valence-corrected chi connectivity index (χ1v) is 7.69. The van der Waals surface area contributed by atoms with Crippen LogP contribution in [0, 0.1) is 6.92 Å². The molecule has 0 atom stereocenters. The topological polar surface area (TPSA) is 59.9 Å².